The topological polar surface area (TPSA) is 28.7 Å². The van der Waals surface area contributed by atoms with Crippen molar-refractivity contribution < 1.29 is 24.8 Å². The van der Waals surface area contributed by atoms with Crippen LogP contribution in [0.5, 0.6) is 0 Å². The molecule has 1 N–H and O–H groups in total. The van der Waals surface area contributed by atoms with Crippen molar-refractivity contribution in [2.75, 3.05) is 0 Å². The van der Waals surface area contributed by atoms with E-state index in [0.717, 1.165) is 5.82 Å². The third kappa shape index (κ3) is 6.94. The first-order chi connectivity index (χ1) is 2.89. The molecule has 9 heavy (non-hydrogen) atoms. The number of imidazole rings is 1. The zero-order valence-electron chi connectivity index (χ0n) is 5.06. The molecule has 0 spiro atoms. The minimum atomic E-state index is 0. The predicted octanol–water partition coefficient (Wildman–Crippen LogP) is -5.65. The van der Waals surface area contributed by atoms with Gasteiger partial charge in [0.25, 0.3) is 0 Å². The molecule has 5 heteroatoms. The summed E-state index contributed by atoms with van der Waals surface area (Å²) in [6, 6.07) is 0. The molecule has 0 unspecified atom stereocenters. The van der Waals surface area contributed by atoms with Gasteiger partial charge in [0, 0.05) is 12.4 Å². The molecule has 2 nitrogen and oxygen atoms in total. The Labute approximate surface area is 96.6 Å². The second kappa shape index (κ2) is 9.05. The molecule has 0 radical (unpaired) electrons. The van der Waals surface area contributed by atoms with Crippen LogP contribution in [0.15, 0.2) is 12.4 Å². The predicted molar refractivity (Wildman–Crippen MR) is 29.1 cm³/mol. The fourth-order valence-electron chi connectivity index (χ4n) is 0.344. The molecule has 0 fully saturated rings. The van der Waals surface area contributed by atoms with Gasteiger partial charge in [-0.15, -0.1) is 0 Å². The Kier molecular flexibility index (Phi) is 16.7. The van der Waals surface area contributed by atoms with Crippen LogP contribution in [0.4, 0.5) is 0 Å². The van der Waals surface area contributed by atoms with E-state index < -0.39 is 0 Å². The zero-order valence-corrected chi connectivity index (χ0v) is 8.79. The summed E-state index contributed by atoms with van der Waals surface area (Å²) in [5.74, 6) is 0.968. The second-order valence-electron chi connectivity index (χ2n) is 1.17. The maximum atomic E-state index is 3.86. The van der Waals surface area contributed by atoms with Crippen molar-refractivity contribution in [1.29, 1.82) is 0 Å². The molecule has 1 aromatic rings. The van der Waals surface area contributed by atoms with Crippen molar-refractivity contribution in [2.24, 2.45) is 0 Å². The molecule has 0 aromatic carbocycles. The molecule has 0 aliphatic rings. The van der Waals surface area contributed by atoms with Gasteiger partial charge in [-0.2, -0.15) is 0 Å². The van der Waals surface area contributed by atoms with Crippen LogP contribution in [-0.4, -0.2) is 47.7 Å². The monoisotopic (exact) mass is 192 g/mol. The maximum Gasteiger partial charge on any atom is 2.00 e. The SMILES string of the molecule is Cc1ncc[nH]1.[Ca+2].[Cl-].[Cl-]. The van der Waals surface area contributed by atoms with Gasteiger partial charge in [-0.1, -0.05) is 0 Å². The van der Waals surface area contributed by atoms with Gasteiger partial charge in [0.05, 0.1) is 0 Å². The molecule has 1 aromatic heterocycles. The minimum absolute atomic E-state index is 0. The number of nitrogens with zero attached hydrogens (tertiary/aromatic N) is 1. The van der Waals surface area contributed by atoms with Gasteiger partial charge in [0.2, 0.25) is 0 Å². The van der Waals surface area contributed by atoms with Crippen LogP contribution in [-0.2, 0) is 0 Å². The summed E-state index contributed by atoms with van der Waals surface area (Å²) >= 11 is 0. The van der Waals surface area contributed by atoms with Crippen LogP contribution in [0, 0.1) is 6.92 Å². The second-order valence-corrected chi connectivity index (χ2v) is 1.17. The molecule has 48 valence electrons. The van der Waals surface area contributed by atoms with Crippen LogP contribution in [0.2, 0.25) is 0 Å². The maximum absolute atomic E-state index is 3.86. The van der Waals surface area contributed by atoms with Crippen molar-refractivity contribution in [1.82, 2.24) is 9.97 Å². The summed E-state index contributed by atoms with van der Waals surface area (Å²) in [5.41, 5.74) is 0. The number of H-pyrrole nitrogens is 1. The van der Waals surface area contributed by atoms with Crippen molar-refractivity contribution in [3.8, 4) is 0 Å². The van der Waals surface area contributed by atoms with E-state index in [1.165, 1.54) is 0 Å². The summed E-state index contributed by atoms with van der Waals surface area (Å²) in [7, 11) is 0. The van der Waals surface area contributed by atoms with Gasteiger partial charge in [0.1, 0.15) is 5.82 Å². The van der Waals surface area contributed by atoms with Crippen molar-refractivity contribution in [3.05, 3.63) is 18.2 Å². The molecule has 1 heterocycles. The van der Waals surface area contributed by atoms with E-state index in [2.05, 4.69) is 9.97 Å². The van der Waals surface area contributed by atoms with Gasteiger partial charge in [-0.05, 0) is 6.92 Å². The summed E-state index contributed by atoms with van der Waals surface area (Å²) < 4.78 is 0. The van der Waals surface area contributed by atoms with Crippen LogP contribution in [0.3, 0.4) is 0 Å². The van der Waals surface area contributed by atoms with E-state index in [9.17, 15) is 0 Å². The van der Waals surface area contributed by atoms with E-state index in [1.807, 2.05) is 6.92 Å². The molecule has 1 rings (SSSR count). The first-order valence-corrected chi connectivity index (χ1v) is 1.85. The number of nitrogens with one attached hydrogen (secondary N) is 1. The number of hydrogen-bond acceptors (Lipinski definition) is 1. The third-order valence-electron chi connectivity index (χ3n) is 0.635. The summed E-state index contributed by atoms with van der Waals surface area (Å²) in [5, 5.41) is 0. The normalized spacial score (nSPS) is 5.89. The number of aryl methyl sites for hydroxylation is 1. The minimum Gasteiger partial charge on any atom is -1.00 e. The quantitative estimate of drug-likeness (QED) is 0.409. The first-order valence-electron chi connectivity index (χ1n) is 1.85. The van der Waals surface area contributed by atoms with Crippen molar-refractivity contribution in [2.45, 2.75) is 6.92 Å². The Bertz CT molecular complexity index is 120. The first kappa shape index (κ1) is 16.6. The molecular formula is C4H6CaCl2N2. The average molecular weight is 193 g/mol. The summed E-state index contributed by atoms with van der Waals surface area (Å²) in [6.45, 7) is 1.92. The van der Waals surface area contributed by atoms with E-state index in [1.54, 1.807) is 12.4 Å². The molecule has 0 bridgehead atoms. The largest absolute Gasteiger partial charge is 2.00 e. The van der Waals surface area contributed by atoms with E-state index >= 15 is 0 Å². The fourth-order valence-corrected chi connectivity index (χ4v) is 0.344. The fraction of sp³-hybridized carbons (Fsp3) is 0.250. The van der Waals surface area contributed by atoms with E-state index in [4.69, 9.17) is 0 Å². The van der Waals surface area contributed by atoms with Crippen LogP contribution >= 0.6 is 0 Å². The van der Waals surface area contributed by atoms with Crippen LogP contribution < -0.4 is 24.8 Å². The van der Waals surface area contributed by atoms with Crippen LogP contribution in [0.25, 0.3) is 0 Å². The Hall–Kier alpha value is 1.05. The standard InChI is InChI=1S/C4H6N2.Ca.2ClH/c1-4-5-2-3-6-4;;;/h2-3H,1H3,(H,5,6);;2*1H/q;+2;;/p-2. The van der Waals surface area contributed by atoms with E-state index in [-0.39, 0.29) is 62.6 Å². The Morgan fingerprint density at radius 3 is 2.11 bits per heavy atom. The molecule has 0 amide bonds. The Balaban J connectivity index is -0.000000120. The molecule has 0 atom stereocenters. The van der Waals surface area contributed by atoms with Gasteiger partial charge < -0.3 is 29.8 Å². The average Bonchev–Trinajstić information content (AvgIpc) is 1.86. The van der Waals surface area contributed by atoms with Crippen molar-refractivity contribution >= 4 is 37.7 Å². The number of aromatic amines is 1. The molecule has 0 aliphatic heterocycles. The van der Waals surface area contributed by atoms with Crippen LogP contribution in [0.1, 0.15) is 5.82 Å². The zero-order chi connectivity index (χ0) is 4.41. The number of rotatable bonds is 0. The smallest absolute Gasteiger partial charge is 1.00 e. The van der Waals surface area contributed by atoms with Gasteiger partial charge >= 0.3 is 37.7 Å². The van der Waals surface area contributed by atoms with Crippen molar-refractivity contribution in [3.63, 3.8) is 0 Å². The molecular weight excluding hydrogens is 187 g/mol. The van der Waals surface area contributed by atoms with Gasteiger partial charge in [0.15, 0.2) is 0 Å². The third-order valence-corrected chi connectivity index (χ3v) is 0.635. The molecule has 0 aliphatic carbocycles. The molecule has 0 saturated heterocycles. The Morgan fingerprint density at radius 2 is 2.00 bits per heavy atom. The van der Waals surface area contributed by atoms with E-state index in [0.29, 0.717) is 0 Å². The summed E-state index contributed by atoms with van der Waals surface area (Å²) in [6.07, 6.45) is 3.53. The number of halogens is 2. The van der Waals surface area contributed by atoms with Gasteiger partial charge in [-0.3, -0.25) is 0 Å². The van der Waals surface area contributed by atoms with Gasteiger partial charge in [-0.25, -0.2) is 4.98 Å². The summed E-state index contributed by atoms with van der Waals surface area (Å²) in [4.78, 5) is 6.75. The number of aromatic nitrogens is 2. The Morgan fingerprint density at radius 1 is 1.44 bits per heavy atom. The number of hydrogen-bond donors (Lipinski definition) is 1. The molecule has 0 saturated carbocycles.